The minimum absolute atomic E-state index is 0.498. The number of rotatable bonds is 5. The third kappa shape index (κ3) is 2.84. The van der Waals surface area contributed by atoms with Crippen molar-refractivity contribution in [3.63, 3.8) is 0 Å². The fourth-order valence-corrected chi connectivity index (χ4v) is 2.46. The topological polar surface area (TPSA) is 81.7 Å². The van der Waals surface area contributed by atoms with E-state index in [1.54, 1.807) is 0 Å². The highest BCUT2D eigenvalue weighted by Crippen LogP contribution is 2.39. The Hall–Kier alpha value is -2.11. The van der Waals surface area contributed by atoms with Crippen LogP contribution in [0.5, 0.6) is 0 Å². The van der Waals surface area contributed by atoms with Gasteiger partial charge in [0.2, 0.25) is 0 Å². The number of aryl methyl sites for hydroxylation is 2. The Kier molecular flexibility index (Phi) is 3.53. The van der Waals surface area contributed by atoms with Gasteiger partial charge in [0.25, 0.3) is 0 Å². The molecule has 0 bridgehead atoms. The molecule has 0 spiro atoms. The minimum atomic E-state index is 0.498. The van der Waals surface area contributed by atoms with Crippen LogP contribution in [0.25, 0.3) is 0 Å². The monoisotopic (exact) mass is 286 g/mol. The molecule has 6 heteroatoms. The lowest BCUT2D eigenvalue weighted by Crippen LogP contribution is -2.09. The molecular weight excluding hydrogens is 264 g/mol. The molecule has 3 N–H and O–H groups in total. The number of nitrogens with one attached hydrogen (secondary N) is 1. The normalized spacial score (nSPS) is 14.4. The maximum Gasteiger partial charge on any atom is 0.136 e. The largest absolute Gasteiger partial charge is 0.383 e. The molecule has 0 atom stereocenters. The SMILES string of the molecule is CCc1nn(C)cc1CNc1nc(C2CC2)nc(N)c1C. The second-order valence-corrected chi connectivity index (χ2v) is 5.70. The van der Waals surface area contributed by atoms with Crippen LogP contribution < -0.4 is 11.1 Å². The van der Waals surface area contributed by atoms with Crippen LogP contribution in [0.4, 0.5) is 11.6 Å². The summed E-state index contributed by atoms with van der Waals surface area (Å²) in [7, 11) is 1.95. The number of hydrogen-bond acceptors (Lipinski definition) is 5. The smallest absolute Gasteiger partial charge is 0.136 e. The molecule has 2 aromatic heterocycles. The number of nitrogen functional groups attached to an aromatic ring is 1. The van der Waals surface area contributed by atoms with E-state index in [0.717, 1.165) is 29.3 Å². The van der Waals surface area contributed by atoms with Gasteiger partial charge in [-0.1, -0.05) is 6.92 Å². The summed E-state index contributed by atoms with van der Waals surface area (Å²) in [5.74, 6) is 2.80. The van der Waals surface area contributed by atoms with Crippen molar-refractivity contribution in [2.24, 2.45) is 7.05 Å². The quantitative estimate of drug-likeness (QED) is 0.880. The highest BCUT2D eigenvalue weighted by molar-refractivity contribution is 5.55. The summed E-state index contributed by atoms with van der Waals surface area (Å²) >= 11 is 0. The van der Waals surface area contributed by atoms with Gasteiger partial charge in [0.15, 0.2) is 0 Å². The van der Waals surface area contributed by atoms with E-state index in [1.165, 1.54) is 18.4 Å². The second-order valence-electron chi connectivity index (χ2n) is 5.70. The van der Waals surface area contributed by atoms with Crippen LogP contribution in [0.3, 0.4) is 0 Å². The van der Waals surface area contributed by atoms with E-state index in [1.807, 2.05) is 24.9 Å². The molecule has 0 radical (unpaired) electrons. The predicted octanol–water partition coefficient (Wildman–Crippen LogP) is 2.15. The molecule has 0 amide bonds. The first-order valence-electron chi connectivity index (χ1n) is 7.47. The summed E-state index contributed by atoms with van der Waals surface area (Å²) in [6.07, 6.45) is 5.32. The van der Waals surface area contributed by atoms with Gasteiger partial charge in [-0.05, 0) is 26.2 Å². The van der Waals surface area contributed by atoms with Gasteiger partial charge in [-0.15, -0.1) is 0 Å². The van der Waals surface area contributed by atoms with Gasteiger partial charge >= 0.3 is 0 Å². The van der Waals surface area contributed by atoms with Gasteiger partial charge in [-0.2, -0.15) is 5.10 Å². The molecule has 1 saturated carbocycles. The maximum absolute atomic E-state index is 6.01. The Balaban J connectivity index is 1.80. The van der Waals surface area contributed by atoms with Crippen molar-refractivity contribution in [3.8, 4) is 0 Å². The number of nitrogens with zero attached hydrogens (tertiary/aromatic N) is 4. The van der Waals surface area contributed by atoms with Crippen molar-refractivity contribution in [2.75, 3.05) is 11.1 Å². The van der Waals surface area contributed by atoms with Crippen molar-refractivity contribution in [2.45, 2.75) is 45.6 Å². The molecule has 0 unspecified atom stereocenters. The molecule has 1 fully saturated rings. The predicted molar refractivity (Wildman–Crippen MR) is 83.1 cm³/mol. The third-order valence-electron chi connectivity index (χ3n) is 3.92. The number of aromatic nitrogens is 4. The fraction of sp³-hybridized carbons (Fsp3) is 0.533. The molecule has 0 aromatic carbocycles. The van der Waals surface area contributed by atoms with E-state index >= 15 is 0 Å². The first-order valence-corrected chi connectivity index (χ1v) is 7.47. The van der Waals surface area contributed by atoms with Gasteiger partial charge in [0, 0.05) is 36.8 Å². The maximum atomic E-state index is 6.01. The molecule has 21 heavy (non-hydrogen) atoms. The Morgan fingerprint density at radius 1 is 1.38 bits per heavy atom. The van der Waals surface area contributed by atoms with Crippen molar-refractivity contribution >= 4 is 11.6 Å². The van der Waals surface area contributed by atoms with Gasteiger partial charge in [-0.25, -0.2) is 9.97 Å². The van der Waals surface area contributed by atoms with Crippen LogP contribution in [-0.2, 0) is 20.0 Å². The first-order chi connectivity index (χ1) is 10.1. The minimum Gasteiger partial charge on any atom is -0.383 e. The van der Waals surface area contributed by atoms with Crippen LogP contribution in [0, 0.1) is 6.92 Å². The number of anilines is 2. The zero-order valence-corrected chi connectivity index (χ0v) is 12.8. The molecule has 6 nitrogen and oxygen atoms in total. The summed E-state index contributed by atoms with van der Waals surface area (Å²) in [5, 5.41) is 7.85. The molecule has 1 aliphatic carbocycles. The molecule has 0 saturated heterocycles. The standard InChI is InChI=1S/C15H22N6/c1-4-12-11(8-21(3)20-12)7-17-14-9(2)13(16)18-15(19-14)10-5-6-10/h8,10H,4-7H2,1-3H3,(H3,16,17,18,19). The molecule has 112 valence electrons. The van der Waals surface area contributed by atoms with Crippen molar-refractivity contribution in [1.82, 2.24) is 19.7 Å². The third-order valence-corrected chi connectivity index (χ3v) is 3.92. The molecular formula is C15H22N6. The van der Waals surface area contributed by atoms with E-state index in [4.69, 9.17) is 5.73 Å². The number of hydrogen-bond donors (Lipinski definition) is 2. The summed E-state index contributed by atoms with van der Waals surface area (Å²) in [6.45, 7) is 4.78. The zero-order valence-electron chi connectivity index (χ0n) is 12.8. The van der Waals surface area contributed by atoms with E-state index in [0.29, 0.717) is 18.3 Å². The second kappa shape index (κ2) is 5.35. The van der Waals surface area contributed by atoms with Crippen LogP contribution in [-0.4, -0.2) is 19.7 Å². The van der Waals surface area contributed by atoms with E-state index in [9.17, 15) is 0 Å². The lowest BCUT2D eigenvalue weighted by molar-refractivity contribution is 0.746. The Bertz CT molecular complexity index is 656. The van der Waals surface area contributed by atoms with Gasteiger partial charge in [-0.3, -0.25) is 4.68 Å². The summed E-state index contributed by atoms with van der Waals surface area (Å²) < 4.78 is 1.85. The van der Waals surface area contributed by atoms with Crippen molar-refractivity contribution in [1.29, 1.82) is 0 Å². The molecule has 2 heterocycles. The fourth-order valence-electron chi connectivity index (χ4n) is 2.46. The highest BCUT2D eigenvalue weighted by atomic mass is 15.3. The Labute approximate surface area is 124 Å². The van der Waals surface area contributed by atoms with E-state index in [-0.39, 0.29) is 0 Å². The summed E-state index contributed by atoms with van der Waals surface area (Å²) in [4.78, 5) is 9.04. The lowest BCUT2D eigenvalue weighted by atomic mass is 10.2. The van der Waals surface area contributed by atoms with E-state index < -0.39 is 0 Å². The summed E-state index contributed by atoms with van der Waals surface area (Å²) in [6, 6.07) is 0. The zero-order chi connectivity index (χ0) is 15.0. The Morgan fingerprint density at radius 2 is 2.14 bits per heavy atom. The molecule has 0 aliphatic heterocycles. The average Bonchev–Trinajstić information content (AvgIpc) is 3.24. The number of nitrogens with two attached hydrogens (primary N) is 1. The first kappa shape index (κ1) is 13.9. The van der Waals surface area contributed by atoms with E-state index in [2.05, 4.69) is 27.3 Å². The lowest BCUT2D eigenvalue weighted by Gasteiger charge is -2.11. The van der Waals surface area contributed by atoms with Crippen LogP contribution in [0.2, 0.25) is 0 Å². The average molecular weight is 286 g/mol. The van der Waals surface area contributed by atoms with Crippen LogP contribution in [0.1, 0.15) is 48.3 Å². The van der Waals surface area contributed by atoms with Crippen molar-refractivity contribution in [3.05, 3.63) is 28.8 Å². The summed E-state index contributed by atoms with van der Waals surface area (Å²) in [5.41, 5.74) is 9.24. The van der Waals surface area contributed by atoms with Gasteiger partial charge in [0.1, 0.15) is 17.5 Å². The molecule has 3 rings (SSSR count). The highest BCUT2D eigenvalue weighted by Gasteiger charge is 2.27. The van der Waals surface area contributed by atoms with Gasteiger partial charge < -0.3 is 11.1 Å². The van der Waals surface area contributed by atoms with Crippen molar-refractivity contribution < 1.29 is 0 Å². The Morgan fingerprint density at radius 3 is 2.81 bits per heavy atom. The molecule has 2 aromatic rings. The van der Waals surface area contributed by atoms with Crippen LogP contribution >= 0.6 is 0 Å². The van der Waals surface area contributed by atoms with Gasteiger partial charge in [0.05, 0.1) is 5.69 Å². The molecule has 1 aliphatic rings. The van der Waals surface area contributed by atoms with Crippen LogP contribution in [0.15, 0.2) is 6.20 Å².